The molecule has 2 rings (SSSR count). The fraction of sp³-hybridized carbons (Fsp3) is 0.550. The summed E-state index contributed by atoms with van der Waals surface area (Å²) < 4.78 is 2.06. The molecule has 0 unspecified atom stereocenters. The molecule has 0 saturated heterocycles. The average Bonchev–Trinajstić information content (AvgIpc) is 2.84. The predicted octanol–water partition coefficient (Wildman–Crippen LogP) is 2.87. The topological polar surface area (TPSA) is 63.1 Å². The van der Waals surface area contributed by atoms with Crippen LogP contribution in [0.5, 0.6) is 0 Å². The lowest BCUT2D eigenvalue weighted by atomic mass is 10.1. The van der Waals surface area contributed by atoms with Gasteiger partial charge in [-0.2, -0.15) is 5.10 Å². The van der Waals surface area contributed by atoms with Crippen LogP contribution in [0.25, 0.3) is 0 Å². The van der Waals surface area contributed by atoms with E-state index in [-0.39, 0.29) is 5.91 Å². The summed E-state index contributed by atoms with van der Waals surface area (Å²) in [6, 6.07) is 3.89. The molecular formula is C20H31N5O. The molecule has 0 aromatic carbocycles. The molecule has 6 heteroatoms. The number of rotatable bonds is 8. The maximum Gasteiger partial charge on any atom is 0.220 e. The summed E-state index contributed by atoms with van der Waals surface area (Å²) in [5.74, 6) is 1.48. The first-order chi connectivity index (χ1) is 12.3. The van der Waals surface area contributed by atoms with Crippen molar-refractivity contribution in [2.24, 2.45) is 5.92 Å². The Balaban J connectivity index is 1.93. The summed E-state index contributed by atoms with van der Waals surface area (Å²) in [6.45, 7) is 9.89. The van der Waals surface area contributed by atoms with Gasteiger partial charge in [0.25, 0.3) is 0 Å². The van der Waals surface area contributed by atoms with Crippen LogP contribution in [-0.4, -0.2) is 34.8 Å². The zero-order chi connectivity index (χ0) is 19.3. The van der Waals surface area contributed by atoms with Crippen molar-refractivity contribution >= 4 is 11.7 Å². The molecule has 2 heterocycles. The average molecular weight is 358 g/mol. The van der Waals surface area contributed by atoms with E-state index in [9.17, 15) is 4.79 Å². The Morgan fingerprint density at radius 2 is 2.04 bits per heavy atom. The number of carbonyl (C=O) groups is 1. The highest BCUT2D eigenvalue weighted by molar-refractivity contribution is 5.76. The molecule has 0 saturated carbocycles. The number of carbonyl (C=O) groups excluding carboxylic acids is 1. The summed E-state index contributed by atoms with van der Waals surface area (Å²) in [5, 5.41) is 7.63. The van der Waals surface area contributed by atoms with E-state index in [2.05, 4.69) is 40.9 Å². The van der Waals surface area contributed by atoms with Gasteiger partial charge in [0.05, 0.1) is 5.69 Å². The maximum atomic E-state index is 12.3. The van der Waals surface area contributed by atoms with Gasteiger partial charge in [0.15, 0.2) is 0 Å². The Bertz CT molecular complexity index is 749. The molecule has 0 radical (unpaired) electrons. The molecule has 26 heavy (non-hydrogen) atoms. The van der Waals surface area contributed by atoms with Crippen LogP contribution < -0.4 is 10.2 Å². The smallest absolute Gasteiger partial charge is 0.220 e. The van der Waals surface area contributed by atoms with E-state index in [4.69, 9.17) is 0 Å². The van der Waals surface area contributed by atoms with Crippen LogP contribution >= 0.6 is 0 Å². The minimum Gasteiger partial charge on any atom is -0.362 e. The molecule has 2 aromatic heterocycles. The monoisotopic (exact) mass is 357 g/mol. The van der Waals surface area contributed by atoms with Gasteiger partial charge in [-0.05, 0) is 37.8 Å². The van der Waals surface area contributed by atoms with Crippen molar-refractivity contribution < 1.29 is 4.79 Å². The van der Waals surface area contributed by atoms with Crippen molar-refractivity contribution in [3.63, 3.8) is 0 Å². The SMILES string of the molecule is Cc1nn(CC(C)C)c(C)c1CCC(=O)NCc1cccnc1N(C)C. The fourth-order valence-corrected chi connectivity index (χ4v) is 3.11. The van der Waals surface area contributed by atoms with Gasteiger partial charge in [-0.25, -0.2) is 4.98 Å². The summed E-state index contributed by atoms with van der Waals surface area (Å²) in [6.07, 6.45) is 2.95. The number of pyridine rings is 1. The quantitative estimate of drug-likeness (QED) is 0.789. The number of hydrogen-bond acceptors (Lipinski definition) is 4. The van der Waals surface area contributed by atoms with E-state index in [1.54, 1.807) is 6.20 Å². The molecule has 0 aliphatic rings. The van der Waals surface area contributed by atoms with Crippen molar-refractivity contribution in [3.05, 3.63) is 40.8 Å². The predicted molar refractivity (Wildman–Crippen MR) is 105 cm³/mol. The van der Waals surface area contributed by atoms with Gasteiger partial charge in [-0.1, -0.05) is 19.9 Å². The van der Waals surface area contributed by atoms with E-state index in [0.29, 0.717) is 18.9 Å². The number of hydrogen-bond donors (Lipinski definition) is 1. The standard InChI is InChI=1S/C20H31N5O/c1-14(2)13-25-16(4)18(15(3)23-25)9-10-19(26)22-12-17-8-7-11-21-20(17)24(5)6/h7-8,11,14H,9-10,12-13H2,1-6H3,(H,22,26). The van der Waals surface area contributed by atoms with Crippen LogP contribution in [0.1, 0.15) is 42.8 Å². The van der Waals surface area contributed by atoms with E-state index in [1.807, 2.05) is 38.1 Å². The second-order valence-electron chi connectivity index (χ2n) is 7.38. The van der Waals surface area contributed by atoms with E-state index in [0.717, 1.165) is 30.0 Å². The van der Waals surface area contributed by atoms with Crippen LogP contribution in [-0.2, 0) is 24.3 Å². The van der Waals surface area contributed by atoms with Gasteiger partial charge in [-0.3, -0.25) is 9.48 Å². The molecule has 0 fully saturated rings. The van der Waals surface area contributed by atoms with Crippen molar-refractivity contribution in [1.29, 1.82) is 0 Å². The number of amides is 1. The largest absolute Gasteiger partial charge is 0.362 e. The zero-order valence-electron chi connectivity index (χ0n) is 16.8. The Labute approximate surface area is 156 Å². The Morgan fingerprint density at radius 1 is 1.31 bits per heavy atom. The highest BCUT2D eigenvalue weighted by Gasteiger charge is 2.14. The van der Waals surface area contributed by atoms with Gasteiger partial charge in [0.2, 0.25) is 5.91 Å². The van der Waals surface area contributed by atoms with Crippen LogP contribution in [0.15, 0.2) is 18.3 Å². The lowest BCUT2D eigenvalue weighted by Gasteiger charge is -2.16. The van der Waals surface area contributed by atoms with E-state index < -0.39 is 0 Å². The van der Waals surface area contributed by atoms with Gasteiger partial charge < -0.3 is 10.2 Å². The molecule has 2 aromatic rings. The molecule has 1 N–H and O–H groups in total. The van der Waals surface area contributed by atoms with Gasteiger partial charge in [0.1, 0.15) is 5.82 Å². The summed E-state index contributed by atoms with van der Waals surface area (Å²) in [5.41, 5.74) is 4.41. The normalized spacial score (nSPS) is 11.0. The van der Waals surface area contributed by atoms with Crippen molar-refractivity contribution in [3.8, 4) is 0 Å². The van der Waals surface area contributed by atoms with Gasteiger partial charge in [0, 0.05) is 51.1 Å². The van der Waals surface area contributed by atoms with Gasteiger partial charge in [-0.15, -0.1) is 0 Å². The van der Waals surface area contributed by atoms with Crippen LogP contribution in [0.4, 0.5) is 5.82 Å². The van der Waals surface area contributed by atoms with Crippen LogP contribution in [0.2, 0.25) is 0 Å². The highest BCUT2D eigenvalue weighted by Crippen LogP contribution is 2.17. The first kappa shape index (κ1) is 19.9. The number of anilines is 1. The van der Waals surface area contributed by atoms with Crippen LogP contribution in [0.3, 0.4) is 0 Å². The molecule has 1 amide bonds. The Hall–Kier alpha value is -2.37. The first-order valence-corrected chi connectivity index (χ1v) is 9.20. The molecule has 0 aliphatic carbocycles. The number of aromatic nitrogens is 3. The fourth-order valence-electron chi connectivity index (χ4n) is 3.11. The molecule has 0 spiro atoms. The molecule has 0 aliphatic heterocycles. The second-order valence-corrected chi connectivity index (χ2v) is 7.38. The summed E-state index contributed by atoms with van der Waals surface area (Å²) >= 11 is 0. The molecule has 142 valence electrons. The third-order valence-corrected chi connectivity index (χ3v) is 4.44. The minimum atomic E-state index is 0.0500. The van der Waals surface area contributed by atoms with Crippen molar-refractivity contribution in [1.82, 2.24) is 20.1 Å². The Kier molecular flexibility index (Phi) is 6.77. The molecule has 6 nitrogen and oxygen atoms in total. The lowest BCUT2D eigenvalue weighted by Crippen LogP contribution is -2.25. The molecule has 0 bridgehead atoms. The summed E-state index contributed by atoms with van der Waals surface area (Å²) in [7, 11) is 3.90. The van der Waals surface area contributed by atoms with Crippen molar-refractivity contribution in [2.75, 3.05) is 19.0 Å². The third-order valence-electron chi connectivity index (χ3n) is 4.44. The second kappa shape index (κ2) is 8.83. The number of aryl methyl sites for hydroxylation is 1. The highest BCUT2D eigenvalue weighted by atomic mass is 16.1. The summed E-state index contributed by atoms with van der Waals surface area (Å²) in [4.78, 5) is 18.6. The van der Waals surface area contributed by atoms with E-state index in [1.165, 1.54) is 11.3 Å². The minimum absolute atomic E-state index is 0.0500. The molecule has 0 atom stereocenters. The maximum absolute atomic E-state index is 12.3. The van der Waals surface area contributed by atoms with Crippen molar-refractivity contribution in [2.45, 2.75) is 53.6 Å². The number of nitrogens with zero attached hydrogens (tertiary/aromatic N) is 4. The van der Waals surface area contributed by atoms with Gasteiger partial charge >= 0.3 is 0 Å². The zero-order valence-corrected chi connectivity index (χ0v) is 16.8. The van der Waals surface area contributed by atoms with E-state index >= 15 is 0 Å². The first-order valence-electron chi connectivity index (χ1n) is 9.20. The lowest BCUT2D eigenvalue weighted by molar-refractivity contribution is -0.121. The van der Waals surface area contributed by atoms with Crippen LogP contribution in [0, 0.1) is 19.8 Å². The third kappa shape index (κ3) is 5.07. The molecular weight excluding hydrogens is 326 g/mol. The Morgan fingerprint density at radius 3 is 2.69 bits per heavy atom. The number of nitrogens with one attached hydrogen (secondary N) is 1.